The normalized spacial score (nSPS) is 15.6. The molecule has 1 heterocycles. The second kappa shape index (κ2) is 6.50. The van der Waals surface area contributed by atoms with Gasteiger partial charge < -0.3 is 10.2 Å². The Morgan fingerprint density at radius 3 is 2.24 bits per heavy atom. The van der Waals surface area contributed by atoms with Gasteiger partial charge in [-0.25, -0.2) is 13.6 Å². The van der Waals surface area contributed by atoms with Crippen molar-refractivity contribution < 1.29 is 13.2 Å². The first-order valence-corrected chi connectivity index (χ1v) is 8.56. The summed E-state index contributed by atoms with van der Waals surface area (Å²) in [5, 5.41) is 7.67. The van der Waals surface area contributed by atoms with Crippen LogP contribution in [0.25, 0.3) is 0 Å². The highest BCUT2D eigenvalue weighted by Gasteiger charge is 2.19. The Labute approximate surface area is 129 Å². The molecule has 8 heteroatoms. The van der Waals surface area contributed by atoms with Gasteiger partial charge in [0.05, 0.1) is 4.90 Å². The maximum absolute atomic E-state index is 12.1. The van der Waals surface area contributed by atoms with Crippen LogP contribution < -0.4 is 10.5 Å². The largest absolute Gasteiger partial charge is 0.358 e. The van der Waals surface area contributed by atoms with Crippen LogP contribution >= 0.6 is 12.2 Å². The molecule has 6 nitrogen and oxygen atoms in total. The molecule has 1 fully saturated rings. The third-order valence-corrected chi connectivity index (χ3v) is 4.65. The zero-order valence-corrected chi connectivity index (χ0v) is 13.0. The Morgan fingerprint density at radius 2 is 1.71 bits per heavy atom. The predicted octanol–water partition coefficient (Wildman–Crippen LogP) is 1.09. The Bertz CT molecular complexity index is 635. The highest BCUT2D eigenvalue weighted by molar-refractivity contribution is 7.89. The minimum atomic E-state index is -3.73. The first kappa shape index (κ1) is 15.9. The van der Waals surface area contributed by atoms with E-state index in [4.69, 9.17) is 17.4 Å². The molecule has 0 aromatic heterocycles. The summed E-state index contributed by atoms with van der Waals surface area (Å²) in [6.45, 7) is 1.60. The van der Waals surface area contributed by atoms with Crippen LogP contribution in [0.3, 0.4) is 0 Å². The van der Waals surface area contributed by atoms with E-state index >= 15 is 0 Å². The molecule has 1 amide bonds. The Morgan fingerprint density at radius 1 is 1.14 bits per heavy atom. The van der Waals surface area contributed by atoms with Gasteiger partial charge in [0, 0.05) is 18.8 Å². The number of nitrogens with one attached hydrogen (secondary N) is 1. The van der Waals surface area contributed by atoms with E-state index < -0.39 is 10.0 Å². The van der Waals surface area contributed by atoms with Crippen LogP contribution in [0, 0.1) is 0 Å². The zero-order chi connectivity index (χ0) is 15.5. The Balaban J connectivity index is 2.00. The number of anilines is 1. The predicted molar refractivity (Wildman–Crippen MR) is 84.5 cm³/mol. The number of carbonyl (C=O) groups excluding carboxylic acids is 1. The summed E-state index contributed by atoms with van der Waals surface area (Å²) in [6, 6.07) is 5.65. The van der Waals surface area contributed by atoms with Gasteiger partial charge in [-0.05, 0) is 43.5 Å². The third-order valence-electron chi connectivity index (χ3n) is 3.28. The molecule has 1 aromatic rings. The van der Waals surface area contributed by atoms with Crippen LogP contribution in [-0.4, -0.2) is 37.3 Å². The molecule has 21 heavy (non-hydrogen) atoms. The van der Waals surface area contributed by atoms with Crippen molar-refractivity contribution in [3.63, 3.8) is 0 Å². The molecule has 2 rings (SSSR count). The van der Waals surface area contributed by atoms with Crippen molar-refractivity contribution in [3.05, 3.63) is 24.3 Å². The summed E-state index contributed by atoms with van der Waals surface area (Å²) in [4.78, 5) is 14.2. The molecule has 0 unspecified atom stereocenters. The number of hydrogen-bond donors (Lipinski definition) is 2. The molecule has 114 valence electrons. The molecule has 0 spiro atoms. The van der Waals surface area contributed by atoms with Gasteiger partial charge in [0.15, 0.2) is 4.99 Å². The standard InChI is InChI=1S/C13H17N3O3S2/c14-21(18,19)11-6-4-10(5-7-11)15-12(17)13(20)16-8-2-1-3-9-16/h4-7H,1-3,8-9H2,(H,15,17)(H2,14,18,19). The van der Waals surface area contributed by atoms with E-state index in [1.54, 1.807) is 0 Å². The lowest BCUT2D eigenvalue weighted by Gasteiger charge is -2.28. The van der Waals surface area contributed by atoms with Crippen LogP contribution in [0.5, 0.6) is 0 Å². The third kappa shape index (κ3) is 4.23. The highest BCUT2D eigenvalue weighted by Crippen LogP contribution is 2.14. The number of rotatable bonds is 2. The Hall–Kier alpha value is -1.51. The number of piperidine rings is 1. The minimum absolute atomic E-state index is 0.000828. The number of likely N-dealkylation sites (tertiary alicyclic amines) is 1. The summed E-state index contributed by atoms with van der Waals surface area (Å²) < 4.78 is 22.3. The smallest absolute Gasteiger partial charge is 0.283 e. The van der Waals surface area contributed by atoms with Gasteiger partial charge in [0.2, 0.25) is 10.0 Å². The number of nitrogens with zero attached hydrogens (tertiary/aromatic N) is 1. The van der Waals surface area contributed by atoms with E-state index in [0.29, 0.717) is 5.69 Å². The summed E-state index contributed by atoms with van der Waals surface area (Å²) in [7, 11) is -3.73. The van der Waals surface area contributed by atoms with Gasteiger partial charge in [-0.1, -0.05) is 12.2 Å². The number of amides is 1. The molecule has 1 aliphatic rings. The maximum atomic E-state index is 12.1. The first-order valence-electron chi connectivity index (χ1n) is 6.61. The summed E-state index contributed by atoms with van der Waals surface area (Å²) in [5.41, 5.74) is 0.478. The number of primary sulfonamides is 1. The topological polar surface area (TPSA) is 92.5 Å². The fraction of sp³-hybridized carbons (Fsp3) is 0.385. The van der Waals surface area contributed by atoms with Crippen LogP contribution in [0.2, 0.25) is 0 Å². The highest BCUT2D eigenvalue weighted by atomic mass is 32.2. The molecule has 1 aromatic carbocycles. The molecule has 0 aliphatic carbocycles. The van der Waals surface area contributed by atoms with Crippen LogP contribution in [0.15, 0.2) is 29.2 Å². The van der Waals surface area contributed by atoms with Crippen LogP contribution in [0.4, 0.5) is 5.69 Å². The van der Waals surface area contributed by atoms with E-state index in [2.05, 4.69) is 5.32 Å². The lowest BCUT2D eigenvalue weighted by Crippen LogP contribution is -2.41. The second-order valence-corrected chi connectivity index (χ2v) is 6.82. The van der Waals surface area contributed by atoms with Crippen molar-refractivity contribution in [2.45, 2.75) is 24.2 Å². The average Bonchev–Trinajstić information content (AvgIpc) is 2.47. The SMILES string of the molecule is NS(=O)(=O)c1ccc(NC(=O)C(=S)N2CCCCC2)cc1. The van der Waals surface area contributed by atoms with E-state index in [1.807, 2.05) is 4.90 Å². The minimum Gasteiger partial charge on any atom is -0.358 e. The van der Waals surface area contributed by atoms with Crippen molar-refractivity contribution >= 4 is 38.8 Å². The molecular weight excluding hydrogens is 310 g/mol. The summed E-state index contributed by atoms with van der Waals surface area (Å²) >= 11 is 5.18. The molecule has 3 N–H and O–H groups in total. The van der Waals surface area contributed by atoms with Gasteiger partial charge in [0.25, 0.3) is 5.91 Å². The number of benzene rings is 1. The van der Waals surface area contributed by atoms with Gasteiger partial charge in [-0.15, -0.1) is 0 Å². The lowest BCUT2D eigenvalue weighted by molar-refractivity contribution is -0.110. The van der Waals surface area contributed by atoms with Crippen LogP contribution in [0.1, 0.15) is 19.3 Å². The van der Waals surface area contributed by atoms with E-state index in [0.717, 1.165) is 32.4 Å². The molecule has 0 bridgehead atoms. The number of thiocarbonyl (C=S) groups is 1. The molecule has 0 radical (unpaired) electrons. The first-order chi connectivity index (χ1) is 9.88. The van der Waals surface area contributed by atoms with Gasteiger partial charge in [-0.2, -0.15) is 0 Å². The lowest BCUT2D eigenvalue weighted by atomic mass is 10.1. The van der Waals surface area contributed by atoms with Crippen molar-refractivity contribution in [2.75, 3.05) is 18.4 Å². The zero-order valence-electron chi connectivity index (χ0n) is 11.4. The van der Waals surface area contributed by atoms with Crippen LogP contribution in [-0.2, 0) is 14.8 Å². The summed E-state index contributed by atoms with van der Waals surface area (Å²) in [5.74, 6) is -0.352. The maximum Gasteiger partial charge on any atom is 0.283 e. The van der Waals surface area contributed by atoms with E-state index in [9.17, 15) is 13.2 Å². The number of carbonyl (C=O) groups is 1. The Kier molecular flexibility index (Phi) is 4.92. The monoisotopic (exact) mass is 327 g/mol. The number of nitrogens with two attached hydrogens (primary N) is 1. The molecule has 1 saturated heterocycles. The van der Waals surface area contributed by atoms with Crippen molar-refractivity contribution in [1.29, 1.82) is 0 Å². The van der Waals surface area contributed by atoms with Crippen molar-refractivity contribution in [3.8, 4) is 0 Å². The molecular formula is C13H17N3O3S2. The molecule has 0 saturated carbocycles. The van der Waals surface area contributed by atoms with E-state index in [-0.39, 0.29) is 15.8 Å². The number of hydrogen-bond acceptors (Lipinski definition) is 4. The van der Waals surface area contributed by atoms with Gasteiger partial charge in [-0.3, -0.25) is 4.79 Å². The van der Waals surface area contributed by atoms with Crippen molar-refractivity contribution in [2.24, 2.45) is 5.14 Å². The van der Waals surface area contributed by atoms with Gasteiger partial charge >= 0.3 is 0 Å². The molecule has 1 aliphatic heterocycles. The fourth-order valence-corrected chi connectivity index (χ4v) is 2.90. The fourth-order valence-electron chi connectivity index (χ4n) is 2.15. The molecule has 0 atom stereocenters. The average molecular weight is 327 g/mol. The van der Waals surface area contributed by atoms with E-state index in [1.165, 1.54) is 24.3 Å². The quantitative estimate of drug-likeness (QED) is 0.793. The van der Waals surface area contributed by atoms with Gasteiger partial charge in [0.1, 0.15) is 0 Å². The number of sulfonamides is 1. The van der Waals surface area contributed by atoms with Crippen molar-refractivity contribution in [1.82, 2.24) is 4.90 Å². The summed E-state index contributed by atoms with van der Waals surface area (Å²) in [6.07, 6.45) is 3.24. The second-order valence-electron chi connectivity index (χ2n) is 4.88.